The second-order valence-corrected chi connectivity index (χ2v) is 6.53. The van der Waals surface area contributed by atoms with E-state index in [2.05, 4.69) is 15.6 Å². The molecule has 0 saturated heterocycles. The van der Waals surface area contributed by atoms with Crippen molar-refractivity contribution in [3.05, 3.63) is 34.9 Å². The molecule has 0 unspecified atom stereocenters. The Balaban J connectivity index is 1.60. The molecule has 1 aliphatic heterocycles. The monoisotopic (exact) mass is 314 g/mol. The van der Waals surface area contributed by atoms with Crippen LogP contribution in [0.1, 0.15) is 60.0 Å². The number of aliphatic imine (C=N–C) groups is 1. The van der Waals surface area contributed by atoms with E-state index < -0.39 is 0 Å². The van der Waals surface area contributed by atoms with Gasteiger partial charge in [0.05, 0.1) is 6.54 Å². The van der Waals surface area contributed by atoms with Gasteiger partial charge < -0.3 is 16.4 Å². The van der Waals surface area contributed by atoms with E-state index in [1.807, 2.05) is 18.2 Å². The minimum atomic E-state index is 0.0154. The first-order valence-electron chi connectivity index (χ1n) is 8.69. The van der Waals surface area contributed by atoms with Crippen LogP contribution in [-0.4, -0.2) is 24.5 Å². The van der Waals surface area contributed by atoms with Crippen LogP contribution in [0.15, 0.2) is 23.2 Å². The smallest absolute Gasteiger partial charge is 0.251 e. The van der Waals surface area contributed by atoms with Gasteiger partial charge in [-0.05, 0) is 36.5 Å². The van der Waals surface area contributed by atoms with Crippen molar-refractivity contribution in [1.29, 1.82) is 0 Å². The summed E-state index contributed by atoms with van der Waals surface area (Å²) in [4.78, 5) is 16.3. The maximum absolute atomic E-state index is 11.9. The zero-order valence-electron chi connectivity index (χ0n) is 13.6. The Morgan fingerprint density at radius 2 is 2.04 bits per heavy atom. The van der Waals surface area contributed by atoms with E-state index >= 15 is 0 Å². The van der Waals surface area contributed by atoms with Crippen molar-refractivity contribution < 1.29 is 4.79 Å². The van der Waals surface area contributed by atoms with E-state index in [1.54, 1.807) is 0 Å². The molecular formula is C18H26N4O. The van der Waals surface area contributed by atoms with Crippen molar-refractivity contribution in [3.8, 4) is 0 Å². The molecule has 2 aliphatic rings. The number of nitrogens with zero attached hydrogens (tertiary/aromatic N) is 1. The van der Waals surface area contributed by atoms with Gasteiger partial charge in [-0.2, -0.15) is 0 Å². The van der Waals surface area contributed by atoms with Gasteiger partial charge in [-0.3, -0.25) is 4.79 Å². The normalized spacial score (nSPS) is 19.7. The molecule has 1 fully saturated rings. The molecule has 0 aromatic heterocycles. The number of rotatable bonds is 3. The Hall–Kier alpha value is -2.04. The lowest BCUT2D eigenvalue weighted by Crippen LogP contribution is -2.39. The highest BCUT2D eigenvalue weighted by molar-refractivity contribution is 5.96. The molecule has 23 heavy (non-hydrogen) atoms. The van der Waals surface area contributed by atoms with Crippen LogP contribution in [0, 0.1) is 0 Å². The Morgan fingerprint density at radius 1 is 1.26 bits per heavy atom. The van der Waals surface area contributed by atoms with Crippen molar-refractivity contribution in [2.45, 2.75) is 57.5 Å². The van der Waals surface area contributed by atoms with Gasteiger partial charge in [0.15, 0.2) is 5.96 Å². The fourth-order valence-corrected chi connectivity index (χ4v) is 3.41. The molecule has 4 N–H and O–H groups in total. The number of hydrogen-bond acceptors (Lipinski definition) is 2. The molecule has 0 atom stereocenters. The molecular weight excluding hydrogens is 288 g/mol. The molecule has 124 valence electrons. The molecule has 1 heterocycles. The summed E-state index contributed by atoms with van der Waals surface area (Å²) in [5.41, 5.74) is 8.94. The van der Waals surface area contributed by atoms with Gasteiger partial charge in [0, 0.05) is 18.2 Å². The highest BCUT2D eigenvalue weighted by Gasteiger charge is 2.16. The number of benzene rings is 1. The van der Waals surface area contributed by atoms with Gasteiger partial charge in [-0.15, -0.1) is 0 Å². The van der Waals surface area contributed by atoms with Crippen LogP contribution < -0.4 is 16.4 Å². The van der Waals surface area contributed by atoms with E-state index in [1.165, 1.54) is 38.5 Å². The molecule has 1 aromatic rings. The topological polar surface area (TPSA) is 79.5 Å². The van der Waals surface area contributed by atoms with Gasteiger partial charge in [-0.1, -0.05) is 37.8 Å². The lowest BCUT2D eigenvalue weighted by molar-refractivity contribution is 0.0946. The predicted molar refractivity (Wildman–Crippen MR) is 92.4 cm³/mol. The summed E-state index contributed by atoms with van der Waals surface area (Å²) in [6, 6.07) is 6.47. The fraction of sp³-hybridized carbons (Fsp3) is 0.556. The van der Waals surface area contributed by atoms with E-state index in [0.717, 1.165) is 29.7 Å². The lowest BCUT2D eigenvalue weighted by atomic mass is 9.98. The molecule has 3 rings (SSSR count). The zero-order chi connectivity index (χ0) is 16.1. The number of nitrogens with one attached hydrogen (secondary N) is 2. The van der Waals surface area contributed by atoms with E-state index in [9.17, 15) is 4.79 Å². The van der Waals surface area contributed by atoms with Gasteiger partial charge in [0.2, 0.25) is 0 Å². The fourth-order valence-electron chi connectivity index (χ4n) is 3.41. The van der Waals surface area contributed by atoms with E-state index in [4.69, 9.17) is 5.73 Å². The van der Waals surface area contributed by atoms with E-state index in [0.29, 0.717) is 18.5 Å². The number of carbonyl (C=O) groups is 1. The molecule has 1 aromatic carbocycles. The molecule has 1 aliphatic carbocycles. The van der Waals surface area contributed by atoms with Crippen LogP contribution in [0.2, 0.25) is 0 Å². The summed E-state index contributed by atoms with van der Waals surface area (Å²) >= 11 is 0. The Morgan fingerprint density at radius 3 is 2.83 bits per heavy atom. The van der Waals surface area contributed by atoms with Crippen LogP contribution in [-0.2, 0) is 13.0 Å². The van der Waals surface area contributed by atoms with Gasteiger partial charge >= 0.3 is 0 Å². The first-order valence-corrected chi connectivity index (χ1v) is 8.69. The van der Waals surface area contributed by atoms with Gasteiger partial charge in [-0.25, -0.2) is 4.99 Å². The highest BCUT2D eigenvalue weighted by Crippen LogP contribution is 2.18. The van der Waals surface area contributed by atoms with Crippen molar-refractivity contribution in [2.24, 2.45) is 10.7 Å². The second kappa shape index (κ2) is 7.49. The van der Waals surface area contributed by atoms with Crippen molar-refractivity contribution in [2.75, 3.05) is 6.54 Å². The maximum Gasteiger partial charge on any atom is 0.251 e. The summed E-state index contributed by atoms with van der Waals surface area (Å²) in [5.74, 6) is 0.528. The average Bonchev–Trinajstić information content (AvgIpc) is 2.82. The largest absolute Gasteiger partial charge is 0.370 e. The molecule has 0 spiro atoms. The third kappa shape index (κ3) is 4.24. The average molecular weight is 314 g/mol. The number of fused-ring (bicyclic) bond motifs is 1. The molecule has 5 heteroatoms. The number of carbonyl (C=O) groups excluding carboxylic acids is 1. The van der Waals surface area contributed by atoms with Crippen LogP contribution in [0.4, 0.5) is 0 Å². The summed E-state index contributed by atoms with van der Waals surface area (Å²) < 4.78 is 0. The van der Waals surface area contributed by atoms with Crippen LogP contribution in [0.3, 0.4) is 0 Å². The second-order valence-electron chi connectivity index (χ2n) is 6.53. The first kappa shape index (κ1) is 15.8. The van der Waals surface area contributed by atoms with Crippen LogP contribution >= 0.6 is 0 Å². The van der Waals surface area contributed by atoms with Crippen LogP contribution in [0.5, 0.6) is 0 Å². The van der Waals surface area contributed by atoms with Gasteiger partial charge in [0.1, 0.15) is 0 Å². The summed E-state index contributed by atoms with van der Waals surface area (Å²) in [6.07, 6.45) is 8.44. The Labute approximate surface area is 137 Å². The number of hydrogen-bond donors (Lipinski definition) is 3. The lowest BCUT2D eigenvalue weighted by Gasteiger charge is -2.18. The van der Waals surface area contributed by atoms with Gasteiger partial charge in [0.25, 0.3) is 5.91 Å². The summed E-state index contributed by atoms with van der Waals surface area (Å²) in [7, 11) is 0. The third-order valence-electron chi connectivity index (χ3n) is 4.74. The standard InChI is InChI=1S/C18H26N4O/c19-18(22-15-5-3-1-2-4-6-15)21-12-13-7-8-14-9-10-20-17(23)16(14)11-13/h7-8,11,15H,1-6,9-10,12H2,(H,20,23)(H3,19,21,22). The minimum absolute atomic E-state index is 0.0154. The molecule has 0 radical (unpaired) electrons. The molecule has 5 nitrogen and oxygen atoms in total. The quantitative estimate of drug-likeness (QED) is 0.454. The summed E-state index contributed by atoms with van der Waals surface area (Å²) in [5, 5.41) is 6.23. The SMILES string of the molecule is NC(=NCc1ccc2c(c1)C(=O)NCC2)NC1CCCCCC1. The first-order chi connectivity index (χ1) is 11.2. The minimum Gasteiger partial charge on any atom is -0.370 e. The van der Waals surface area contributed by atoms with E-state index in [-0.39, 0.29) is 5.91 Å². The maximum atomic E-state index is 11.9. The molecule has 0 bridgehead atoms. The van der Waals surface area contributed by atoms with Crippen molar-refractivity contribution in [1.82, 2.24) is 10.6 Å². The predicted octanol–water partition coefficient (Wildman–Crippen LogP) is 2.10. The number of guanidine groups is 1. The Bertz CT molecular complexity index is 589. The zero-order valence-corrected chi connectivity index (χ0v) is 13.6. The number of nitrogens with two attached hydrogens (primary N) is 1. The van der Waals surface area contributed by atoms with Crippen LogP contribution in [0.25, 0.3) is 0 Å². The molecule has 1 amide bonds. The number of amides is 1. The third-order valence-corrected chi connectivity index (χ3v) is 4.74. The molecule has 1 saturated carbocycles. The summed E-state index contributed by atoms with van der Waals surface area (Å²) in [6.45, 7) is 1.23. The Kier molecular flexibility index (Phi) is 5.16. The van der Waals surface area contributed by atoms with Crippen molar-refractivity contribution >= 4 is 11.9 Å². The highest BCUT2D eigenvalue weighted by atomic mass is 16.1. The van der Waals surface area contributed by atoms with Crippen molar-refractivity contribution in [3.63, 3.8) is 0 Å².